The van der Waals surface area contributed by atoms with Crippen LogP contribution in [0, 0.1) is 62.7 Å². The van der Waals surface area contributed by atoms with Crippen LogP contribution in [0.3, 0.4) is 0 Å². The molecule has 0 radical (unpaired) electrons. The first-order valence-corrected chi connectivity index (χ1v) is 28.1. The van der Waals surface area contributed by atoms with Crippen LogP contribution in [0.5, 0.6) is 0 Å². The number of aliphatic hydroxyl groups excluding tert-OH is 2. The summed E-state index contributed by atoms with van der Waals surface area (Å²) in [5, 5.41) is 23.3. The molecule has 0 spiro atoms. The molecule has 392 valence electrons. The number of hydrogen-bond acceptors (Lipinski definition) is 6. The minimum absolute atomic E-state index is 0. The standard InChI is InChI=1S/2C32H43N2O.2ClH.Zr/c2*1-20(2)26-7-6-8-27(21(3)4)30(26)34-12-11-33(19-34)29-13-22(5)9-10-28(29)32-17-23-14-24(18-32)16-25(15-23)31(32)35;;;/h2*6-10,13,19-21,23-25,31,35H,11-12,14-18H2,1-5H3;2*1H;/q2*-1;;;+4/p-2. The fourth-order valence-corrected chi connectivity index (χ4v) is 16.8. The van der Waals surface area contributed by atoms with Crippen molar-refractivity contribution in [1.82, 2.24) is 0 Å². The SMILES string of the molecule is Cc1ccc(C23CC4CC(CC(C4)C2O)C3)c(N2[CH-]N(c3c(C(C)C)cccc3C(C)C)CC2)c1.Cc1ccc(C23CC4CC(CC(C4)C2O)C3)c(N2[CH-]N(c3c(C(C)C)cccc3C(C)C)CC2)c1.[Cl-].[Cl-].[Zr+4]. The zero-order chi connectivity index (χ0) is 49.0. The molecule has 8 bridgehead atoms. The van der Waals surface area contributed by atoms with Crippen LogP contribution in [0.15, 0.2) is 72.8 Å². The minimum Gasteiger partial charge on any atom is -1.00 e. The van der Waals surface area contributed by atoms with Crippen LogP contribution in [-0.4, -0.2) is 48.6 Å². The van der Waals surface area contributed by atoms with Gasteiger partial charge in [0.05, 0.1) is 12.2 Å². The van der Waals surface area contributed by atoms with E-state index in [4.69, 9.17) is 0 Å². The summed E-state index contributed by atoms with van der Waals surface area (Å²) in [7, 11) is 0. The molecule has 10 fully saturated rings. The Morgan fingerprint density at radius 2 is 0.753 bits per heavy atom. The van der Waals surface area contributed by atoms with Crippen LogP contribution in [-0.2, 0) is 37.0 Å². The number of nitrogens with zero attached hydrogens (tertiary/aromatic N) is 4. The summed E-state index contributed by atoms with van der Waals surface area (Å²) >= 11 is 0. The summed E-state index contributed by atoms with van der Waals surface area (Å²) in [5.74, 6) is 6.16. The molecule has 0 aromatic heterocycles. The van der Waals surface area contributed by atoms with Gasteiger partial charge >= 0.3 is 26.2 Å². The van der Waals surface area contributed by atoms with Gasteiger partial charge in [-0.05, 0) is 194 Å². The third-order valence-corrected chi connectivity index (χ3v) is 19.5. The Hall–Kier alpha value is -2.54. The molecule has 0 amide bonds. The Bertz CT molecular complexity index is 2320. The minimum atomic E-state index is -0.190. The maximum Gasteiger partial charge on any atom is 4.00 e. The zero-order valence-corrected chi connectivity index (χ0v) is 49.8. The average Bonchev–Trinajstić information content (AvgIpc) is 4.03. The number of aliphatic hydroxyl groups is 2. The quantitative estimate of drug-likeness (QED) is 0.156. The summed E-state index contributed by atoms with van der Waals surface area (Å²) in [5.41, 5.74) is 16.6. The van der Waals surface area contributed by atoms with E-state index in [-0.39, 0.29) is 74.1 Å². The normalized spacial score (nSPS) is 30.6. The first-order chi connectivity index (χ1) is 33.5. The van der Waals surface area contributed by atoms with E-state index in [0.29, 0.717) is 35.5 Å². The van der Waals surface area contributed by atoms with Gasteiger partial charge in [0.2, 0.25) is 0 Å². The second-order valence-electron chi connectivity index (χ2n) is 25.7. The van der Waals surface area contributed by atoms with Crippen molar-refractivity contribution in [1.29, 1.82) is 0 Å². The van der Waals surface area contributed by atoms with Crippen molar-refractivity contribution >= 4 is 22.7 Å². The molecule has 8 aliphatic carbocycles. The Kier molecular flexibility index (Phi) is 17.1. The number of hydrogen-bond donors (Lipinski definition) is 2. The van der Waals surface area contributed by atoms with Gasteiger partial charge in [0.15, 0.2) is 0 Å². The molecule has 4 aromatic carbocycles. The van der Waals surface area contributed by atoms with Gasteiger partial charge in [0, 0.05) is 59.8 Å². The van der Waals surface area contributed by atoms with Crippen molar-refractivity contribution in [2.75, 3.05) is 45.8 Å². The number of halogens is 2. The van der Waals surface area contributed by atoms with Gasteiger partial charge < -0.3 is 54.6 Å². The Balaban J connectivity index is 0.000000187. The monoisotopic (exact) mass is 1100 g/mol. The van der Waals surface area contributed by atoms with Crippen molar-refractivity contribution in [3.8, 4) is 0 Å². The van der Waals surface area contributed by atoms with Crippen LogP contribution in [0.2, 0.25) is 0 Å². The molecule has 6 unspecified atom stereocenters. The largest absolute Gasteiger partial charge is 4.00 e. The van der Waals surface area contributed by atoms with E-state index >= 15 is 0 Å². The van der Waals surface area contributed by atoms with Gasteiger partial charge in [-0.3, -0.25) is 0 Å². The third-order valence-electron chi connectivity index (χ3n) is 19.5. The summed E-state index contributed by atoms with van der Waals surface area (Å²) in [6.07, 6.45) is 12.1. The van der Waals surface area contributed by atoms with Crippen LogP contribution in [0.4, 0.5) is 22.7 Å². The van der Waals surface area contributed by atoms with Gasteiger partial charge in [-0.1, -0.05) is 116 Å². The van der Waals surface area contributed by atoms with Crippen molar-refractivity contribution in [2.45, 2.75) is 180 Å². The first-order valence-electron chi connectivity index (χ1n) is 28.1. The topological polar surface area (TPSA) is 53.4 Å². The van der Waals surface area contributed by atoms with E-state index in [1.165, 1.54) is 131 Å². The summed E-state index contributed by atoms with van der Waals surface area (Å²) in [6.45, 7) is 31.6. The molecule has 73 heavy (non-hydrogen) atoms. The van der Waals surface area contributed by atoms with E-state index in [1.807, 2.05) is 0 Å². The van der Waals surface area contributed by atoms with E-state index in [1.54, 1.807) is 0 Å². The molecule has 14 rings (SSSR count). The van der Waals surface area contributed by atoms with Crippen molar-refractivity contribution < 1.29 is 61.2 Å². The summed E-state index contributed by atoms with van der Waals surface area (Å²) < 4.78 is 0. The second-order valence-corrected chi connectivity index (χ2v) is 25.7. The van der Waals surface area contributed by atoms with Crippen LogP contribution < -0.4 is 44.4 Å². The molecule has 2 N–H and O–H groups in total. The molecule has 8 saturated carbocycles. The number of aryl methyl sites for hydroxylation is 2. The van der Waals surface area contributed by atoms with Gasteiger partial charge in [-0.2, -0.15) is 13.3 Å². The van der Waals surface area contributed by atoms with E-state index in [2.05, 4.69) is 175 Å². The molecule has 6 atom stereocenters. The molecular weight excluding hydrogens is 1020 g/mol. The summed E-state index contributed by atoms with van der Waals surface area (Å²) in [4.78, 5) is 10.0. The smallest absolute Gasteiger partial charge is 1.00 e. The van der Waals surface area contributed by atoms with Crippen LogP contribution in [0.25, 0.3) is 0 Å². The van der Waals surface area contributed by atoms with E-state index in [0.717, 1.165) is 49.9 Å². The number of para-hydroxylation sites is 2. The molecule has 4 aromatic rings. The van der Waals surface area contributed by atoms with Gasteiger partial charge in [-0.15, -0.1) is 0 Å². The molecule has 2 heterocycles. The van der Waals surface area contributed by atoms with Gasteiger partial charge in [0.1, 0.15) is 0 Å². The molecule has 9 heteroatoms. The van der Waals surface area contributed by atoms with Crippen LogP contribution >= 0.6 is 0 Å². The van der Waals surface area contributed by atoms with Crippen LogP contribution in [0.1, 0.15) is 188 Å². The van der Waals surface area contributed by atoms with Gasteiger partial charge in [-0.25, -0.2) is 0 Å². The maximum absolute atomic E-state index is 11.7. The summed E-state index contributed by atoms with van der Waals surface area (Å²) in [6, 6.07) is 27.8. The number of anilines is 4. The molecule has 10 aliphatic rings. The van der Waals surface area contributed by atoms with E-state index < -0.39 is 0 Å². The first kappa shape index (κ1) is 56.7. The van der Waals surface area contributed by atoms with E-state index in [9.17, 15) is 10.2 Å². The predicted molar refractivity (Wildman–Crippen MR) is 292 cm³/mol. The molecule has 2 saturated heterocycles. The van der Waals surface area contributed by atoms with Gasteiger partial charge in [0.25, 0.3) is 0 Å². The second kappa shape index (κ2) is 22.1. The molecule has 6 nitrogen and oxygen atoms in total. The predicted octanol–water partition coefficient (Wildman–Crippen LogP) is 8.26. The van der Waals surface area contributed by atoms with Crippen molar-refractivity contribution in [2.24, 2.45) is 35.5 Å². The fourth-order valence-electron chi connectivity index (χ4n) is 16.8. The molecular formula is C64H86Cl2N4O2Zr. The number of benzene rings is 4. The Morgan fingerprint density at radius 1 is 0.452 bits per heavy atom. The Labute approximate surface area is 472 Å². The zero-order valence-electron chi connectivity index (χ0n) is 45.8. The van der Waals surface area contributed by atoms with Crippen molar-refractivity contribution in [3.63, 3.8) is 0 Å². The maximum atomic E-state index is 11.7. The Morgan fingerprint density at radius 3 is 1.05 bits per heavy atom. The van der Waals surface area contributed by atoms with Crippen molar-refractivity contribution in [3.05, 3.63) is 131 Å². The third kappa shape index (κ3) is 10.0. The number of rotatable bonds is 10. The average molecular weight is 1110 g/mol. The fraction of sp³-hybridized carbons (Fsp3) is 0.594. The molecule has 2 aliphatic heterocycles.